The van der Waals surface area contributed by atoms with Gasteiger partial charge in [0.2, 0.25) is 5.91 Å². The molecule has 0 aliphatic heterocycles. The molecule has 6 nitrogen and oxygen atoms in total. The molecular weight excluding hydrogens is 282 g/mol. The summed E-state index contributed by atoms with van der Waals surface area (Å²) >= 11 is 0. The van der Waals surface area contributed by atoms with E-state index >= 15 is 0 Å². The Morgan fingerprint density at radius 2 is 1.86 bits per heavy atom. The summed E-state index contributed by atoms with van der Waals surface area (Å²) in [5, 5.41) is 14.8. The Kier molecular flexibility index (Phi) is 8.33. The number of amides is 1. The van der Waals surface area contributed by atoms with E-state index in [9.17, 15) is 9.59 Å². The zero-order valence-corrected chi connectivity index (χ0v) is 12.6. The Bertz CT molecular complexity index is 498. The van der Waals surface area contributed by atoms with Crippen LogP contribution in [-0.2, 0) is 16.0 Å². The first-order chi connectivity index (χ1) is 10.6. The molecule has 0 aromatic heterocycles. The molecule has 0 bridgehead atoms. The molecule has 120 valence electrons. The smallest absolute Gasteiger partial charge is 0.303 e. The van der Waals surface area contributed by atoms with Gasteiger partial charge in [-0.1, -0.05) is 24.3 Å². The molecule has 0 radical (unpaired) electrons. The highest BCUT2D eigenvalue weighted by atomic mass is 16.4. The normalized spacial score (nSPS) is 10.7. The van der Waals surface area contributed by atoms with Crippen LogP contribution in [0.15, 0.2) is 29.4 Å². The van der Waals surface area contributed by atoms with E-state index in [1.54, 1.807) is 6.21 Å². The number of carboxylic acid groups (broad SMARTS) is 1. The van der Waals surface area contributed by atoms with Gasteiger partial charge in [-0.15, -0.1) is 0 Å². The van der Waals surface area contributed by atoms with Gasteiger partial charge in [-0.05, 0) is 36.8 Å². The monoisotopic (exact) mass is 305 g/mol. The van der Waals surface area contributed by atoms with Crippen LogP contribution in [-0.4, -0.2) is 29.7 Å². The fourth-order valence-electron chi connectivity index (χ4n) is 2.03. The number of hydrogen-bond donors (Lipinski definition) is 3. The number of benzene rings is 1. The third kappa shape index (κ3) is 8.04. The molecule has 0 saturated carbocycles. The molecule has 1 aromatic carbocycles. The number of carbonyl (C=O) groups excluding carboxylic acids is 1. The Labute approximate surface area is 130 Å². The lowest BCUT2D eigenvalue weighted by Gasteiger charge is -2.05. The number of aryl methyl sites for hydroxylation is 1. The average molecular weight is 305 g/mol. The van der Waals surface area contributed by atoms with Gasteiger partial charge in [0, 0.05) is 19.4 Å². The van der Waals surface area contributed by atoms with Crippen LogP contribution < -0.4 is 11.2 Å². The maximum Gasteiger partial charge on any atom is 0.303 e. The molecule has 0 atom stereocenters. The minimum Gasteiger partial charge on any atom is -0.481 e. The quantitative estimate of drug-likeness (QED) is 0.265. The fourth-order valence-corrected chi connectivity index (χ4v) is 2.03. The predicted molar refractivity (Wildman–Crippen MR) is 85.7 cm³/mol. The number of hydrazone groups is 1. The standard InChI is InChI=1S/C16H23N3O3/c17-19-12-14-9-7-13(8-10-14)4-1-2-11-18-15(20)5-3-6-16(21)22/h7-10,12H,1-6,11,17H2,(H,18,20)(H,21,22). The van der Waals surface area contributed by atoms with E-state index in [1.807, 2.05) is 24.3 Å². The fraction of sp³-hybridized carbons (Fsp3) is 0.438. The lowest BCUT2D eigenvalue weighted by molar-refractivity contribution is -0.137. The van der Waals surface area contributed by atoms with Crippen molar-refractivity contribution in [3.8, 4) is 0 Å². The van der Waals surface area contributed by atoms with Crippen molar-refractivity contribution in [2.45, 2.75) is 38.5 Å². The highest BCUT2D eigenvalue weighted by Gasteiger charge is 2.03. The Morgan fingerprint density at radius 3 is 2.50 bits per heavy atom. The maximum atomic E-state index is 11.4. The van der Waals surface area contributed by atoms with Gasteiger partial charge in [-0.2, -0.15) is 5.10 Å². The molecule has 6 heteroatoms. The number of unbranched alkanes of at least 4 members (excludes halogenated alkanes) is 1. The largest absolute Gasteiger partial charge is 0.481 e. The van der Waals surface area contributed by atoms with E-state index in [2.05, 4.69) is 10.4 Å². The van der Waals surface area contributed by atoms with Gasteiger partial charge < -0.3 is 16.3 Å². The molecule has 1 amide bonds. The van der Waals surface area contributed by atoms with Gasteiger partial charge in [-0.3, -0.25) is 9.59 Å². The van der Waals surface area contributed by atoms with Crippen molar-refractivity contribution >= 4 is 18.1 Å². The van der Waals surface area contributed by atoms with Crippen molar-refractivity contribution in [1.29, 1.82) is 0 Å². The van der Waals surface area contributed by atoms with Gasteiger partial charge in [0.25, 0.3) is 0 Å². The van der Waals surface area contributed by atoms with E-state index in [0.717, 1.165) is 24.8 Å². The van der Waals surface area contributed by atoms with Crippen LogP contribution in [0.25, 0.3) is 0 Å². The molecule has 4 N–H and O–H groups in total. The highest BCUT2D eigenvalue weighted by molar-refractivity contribution is 5.79. The molecule has 0 aliphatic carbocycles. The molecule has 0 aliphatic rings. The molecule has 0 unspecified atom stereocenters. The molecule has 1 aromatic rings. The molecule has 0 saturated heterocycles. The average Bonchev–Trinajstić information content (AvgIpc) is 2.48. The van der Waals surface area contributed by atoms with E-state index in [-0.39, 0.29) is 18.7 Å². The van der Waals surface area contributed by atoms with E-state index in [1.165, 1.54) is 5.56 Å². The topological polar surface area (TPSA) is 105 Å². The Morgan fingerprint density at radius 1 is 1.14 bits per heavy atom. The first kappa shape index (κ1) is 17.7. The highest BCUT2D eigenvalue weighted by Crippen LogP contribution is 2.06. The van der Waals surface area contributed by atoms with Crippen LogP contribution in [0.4, 0.5) is 0 Å². The van der Waals surface area contributed by atoms with Gasteiger partial charge >= 0.3 is 5.97 Å². The van der Waals surface area contributed by atoms with E-state index in [0.29, 0.717) is 13.0 Å². The summed E-state index contributed by atoms with van der Waals surface area (Å²) in [6.45, 7) is 0.629. The first-order valence-corrected chi connectivity index (χ1v) is 7.42. The molecule has 0 fully saturated rings. The summed E-state index contributed by atoms with van der Waals surface area (Å²) in [5.74, 6) is 4.15. The number of carboxylic acids is 1. The second kappa shape index (κ2) is 10.4. The summed E-state index contributed by atoms with van der Waals surface area (Å²) in [6, 6.07) is 8.02. The van der Waals surface area contributed by atoms with Gasteiger partial charge in [0.15, 0.2) is 0 Å². The number of carbonyl (C=O) groups is 2. The van der Waals surface area contributed by atoms with Crippen LogP contribution >= 0.6 is 0 Å². The number of aliphatic carboxylic acids is 1. The maximum absolute atomic E-state index is 11.4. The van der Waals surface area contributed by atoms with Crippen LogP contribution in [0.3, 0.4) is 0 Å². The summed E-state index contributed by atoms with van der Waals surface area (Å²) in [4.78, 5) is 21.8. The summed E-state index contributed by atoms with van der Waals surface area (Å²) < 4.78 is 0. The van der Waals surface area contributed by atoms with Crippen molar-refractivity contribution in [1.82, 2.24) is 5.32 Å². The second-order valence-corrected chi connectivity index (χ2v) is 5.07. The van der Waals surface area contributed by atoms with Gasteiger partial charge in [0.05, 0.1) is 6.21 Å². The Hall–Kier alpha value is -2.37. The number of nitrogens with one attached hydrogen (secondary N) is 1. The van der Waals surface area contributed by atoms with Gasteiger partial charge in [-0.25, -0.2) is 0 Å². The van der Waals surface area contributed by atoms with Crippen LogP contribution in [0.5, 0.6) is 0 Å². The van der Waals surface area contributed by atoms with E-state index < -0.39 is 5.97 Å². The van der Waals surface area contributed by atoms with Crippen LogP contribution in [0.2, 0.25) is 0 Å². The van der Waals surface area contributed by atoms with Crippen LogP contribution in [0.1, 0.15) is 43.2 Å². The first-order valence-electron chi connectivity index (χ1n) is 7.42. The molecule has 0 heterocycles. The number of nitrogens with two attached hydrogens (primary N) is 1. The van der Waals surface area contributed by atoms with E-state index in [4.69, 9.17) is 10.9 Å². The van der Waals surface area contributed by atoms with Crippen molar-refractivity contribution in [3.63, 3.8) is 0 Å². The zero-order valence-electron chi connectivity index (χ0n) is 12.6. The lowest BCUT2D eigenvalue weighted by Crippen LogP contribution is -2.24. The van der Waals surface area contributed by atoms with Crippen molar-refractivity contribution < 1.29 is 14.7 Å². The zero-order chi connectivity index (χ0) is 16.2. The third-order valence-corrected chi connectivity index (χ3v) is 3.21. The second-order valence-electron chi connectivity index (χ2n) is 5.07. The lowest BCUT2D eigenvalue weighted by atomic mass is 10.1. The molecular formula is C16H23N3O3. The minimum atomic E-state index is -0.864. The number of rotatable bonds is 10. The molecule has 1 rings (SSSR count). The number of hydrogen-bond acceptors (Lipinski definition) is 4. The van der Waals surface area contributed by atoms with Crippen molar-refractivity contribution in [2.24, 2.45) is 10.9 Å². The molecule has 0 spiro atoms. The summed E-state index contributed by atoms with van der Waals surface area (Å²) in [5.41, 5.74) is 2.21. The summed E-state index contributed by atoms with van der Waals surface area (Å²) in [6.07, 6.45) is 5.14. The summed E-state index contributed by atoms with van der Waals surface area (Å²) in [7, 11) is 0. The predicted octanol–water partition coefficient (Wildman–Crippen LogP) is 1.67. The van der Waals surface area contributed by atoms with Gasteiger partial charge in [0.1, 0.15) is 0 Å². The minimum absolute atomic E-state index is 0.0400. The van der Waals surface area contributed by atoms with Crippen molar-refractivity contribution in [3.05, 3.63) is 35.4 Å². The van der Waals surface area contributed by atoms with Crippen molar-refractivity contribution in [2.75, 3.05) is 6.54 Å². The molecule has 22 heavy (non-hydrogen) atoms. The van der Waals surface area contributed by atoms with Crippen LogP contribution in [0, 0.1) is 0 Å². The SMILES string of the molecule is NN=Cc1ccc(CCCCNC(=O)CCCC(=O)O)cc1. The Balaban J connectivity index is 2.09. The third-order valence-electron chi connectivity index (χ3n) is 3.21. The number of nitrogens with zero attached hydrogens (tertiary/aromatic N) is 1.